The maximum Gasteiger partial charge on any atom is 0.287 e. The zero-order valence-corrected chi connectivity index (χ0v) is 9.97. The van der Waals surface area contributed by atoms with Crippen molar-refractivity contribution >= 4 is 20.7 Å². The first-order valence-electron chi connectivity index (χ1n) is 4.61. The SMILES string of the molecule is CC(C)c1ccc(CNC(=O)Br)cc1. The first kappa shape index (κ1) is 11.2. The minimum Gasteiger partial charge on any atom is -0.343 e. The Hall–Kier alpha value is -0.830. The van der Waals surface area contributed by atoms with Crippen LogP contribution < -0.4 is 5.32 Å². The Morgan fingerprint density at radius 2 is 1.93 bits per heavy atom. The Balaban J connectivity index is 2.59. The second-order valence-electron chi connectivity index (χ2n) is 3.52. The molecule has 0 aliphatic carbocycles. The quantitative estimate of drug-likeness (QED) is 0.651. The van der Waals surface area contributed by atoms with Gasteiger partial charge in [0.1, 0.15) is 0 Å². The molecule has 1 amide bonds. The zero-order chi connectivity index (χ0) is 10.6. The van der Waals surface area contributed by atoms with Gasteiger partial charge in [-0.2, -0.15) is 0 Å². The second-order valence-corrected chi connectivity index (χ2v) is 4.24. The van der Waals surface area contributed by atoms with Crippen LogP contribution in [0, 0.1) is 0 Å². The van der Waals surface area contributed by atoms with Gasteiger partial charge in [-0.05, 0) is 17.0 Å². The van der Waals surface area contributed by atoms with Gasteiger partial charge in [-0.1, -0.05) is 38.1 Å². The summed E-state index contributed by atoms with van der Waals surface area (Å²) in [5.74, 6) is 0.551. The van der Waals surface area contributed by atoms with Crippen LogP contribution in [0.1, 0.15) is 30.9 Å². The van der Waals surface area contributed by atoms with Crippen LogP contribution in [0.5, 0.6) is 0 Å². The van der Waals surface area contributed by atoms with Crippen LogP contribution in [0.15, 0.2) is 24.3 Å². The van der Waals surface area contributed by atoms with Crippen molar-refractivity contribution in [2.75, 3.05) is 0 Å². The topological polar surface area (TPSA) is 29.1 Å². The molecular weight excluding hydrogens is 242 g/mol. The molecule has 0 heterocycles. The number of rotatable bonds is 3. The Kier molecular flexibility index (Phi) is 4.14. The third-order valence-corrected chi connectivity index (χ3v) is 2.36. The lowest BCUT2D eigenvalue weighted by Gasteiger charge is -2.06. The number of benzene rings is 1. The minimum absolute atomic E-state index is 0.176. The summed E-state index contributed by atoms with van der Waals surface area (Å²) in [5.41, 5.74) is 2.43. The van der Waals surface area contributed by atoms with Crippen LogP contribution in [0.4, 0.5) is 4.79 Å². The molecule has 0 bridgehead atoms. The highest BCUT2D eigenvalue weighted by atomic mass is 79.9. The summed E-state index contributed by atoms with van der Waals surface area (Å²) >= 11 is 2.82. The van der Waals surface area contributed by atoms with E-state index in [1.165, 1.54) is 5.56 Å². The Morgan fingerprint density at radius 3 is 2.36 bits per heavy atom. The van der Waals surface area contributed by atoms with Gasteiger partial charge in [0.25, 0.3) is 4.82 Å². The predicted octanol–water partition coefficient (Wildman–Crippen LogP) is 3.41. The molecule has 0 fully saturated rings. The van der Waals surface area contributed by atoms with Gasteiger partial charge in [-0.3, -0.25) is 4.79 Å². The number of halogens is 1. The van der Waals surface area contributed by atoms with Gasteiger partial charge in [0.2, 0.25) is 0 Å². The van der Waals surface area contributed by atoms with Crippen molar-refractivity contribution in [2.24, 2.45) is 0 Å². The van der Waals surface area contributed by atoms with E-state index >= 15 is 0 Å². The molecule has 0 spiro atoms. The molecule has 1 N–H and O–H groups in total. The van der Waals surface area contributed by atoms with E-state index < -0.39 is 0 Å². The van der Waals surface area contributed by atoms with Gasteiger partial charge in [-0.15, -0.1) is 0 Å². The lowest BCUT2D eigenvalue weighted by atomic mass is 10.0. The number of carbonyl (C=O) groups excluding carboxylic acids is 1. The van der Waals surface area contributed by atoms with Gasteiger partial charge < -0.3 is 5.32 Å². The van der Waals surface area contributed by atoms with E-state index in [0.717, 1.165) is 5.56 Å². The van der Waals surface area contributed by atoms with E-state index in [2.05, 4.69) is 47.2 Å². The molecule has 1 aromatic carbocycles. The summed E-state index contributed by atoms with van der Waals surface area (Å²) in [5, 5.41) is 2.69. The maximum absolute atomic E-state index is 10.6. The average Bonchev–Trinajstić information content (AvgIpc) is 2.15. The van der Waals surface area contributed by atoms with Gasteiger partial charge in [0.15, 0.2) is 0 Å². The normalized spacial score (nSPS) is 10.3. The highest BCUT2D eigenvalue weighted by molar-refractivity contribution is 9.18. The molecule has 1 aromatic rings. The molecule has 14 heavy (non-hydrogen) atoms. The summed E-state index contributed by atoms with van der Waals surface area (Å²) in [4.78, 5) is 10.4. The van der Waals surface area contributed by atoms with E-state index in [0.29, 0.717) is 12.5 Å². The van der Waals surface area contributed by atoms with E-state index in [9.17, 15) is 4.79 Å². The van der Waals surface area contributed by atoms with Gasteiger partial charge in [0, 0.05) is 22.5 Å². The monoisotopic (exact) mass is 255 g/mol. The number of nitrogens with one attached hydrogen (secondary N) is 1. The summed E-state index contributed by atoms with van der Waals surface area (Å²) in [6.45, 7) is 4.90. The molecule has 0 saturated heterocycles. The predicted molar refractivity (Wildman–Crippen MR) is 61.7 cm³/mol. The molecular formula is C11H14BrNO. The standard InChI is InChI=1S/C11H14BrNO/c1-8(2)10-5-3-9(4-6-10)7-13-11(12)14/h3-6,8H,7H2,1-2H3,(H,13,14). The number of amides is 1. The molecule has 1 rings (SSSR count). The average molecular weight is 256 g/mol. The Labute approximate surface area is 92.8 Å². The van der Waals surface area contributed by atoms with E-state index in [-0.39, 0.29) is 4.82 Å². The number of hydrogen-bond donors (Lipinski definition) is 1. The fourth-order valence-corrected chi connectivity index (χ4v) is 1.33. The Bertz CT molecular complexity index is 306. The zero-order valence-electron chi connectivity index (χ0n) is 8.38. The molecule has 0 aliphatic heterocycles. The van der Waals surface area contributed by atoms with Crippen molar-refractivity contribution in [1.29, 1.82) is 0 Å². The van der Waals surface area contributed by atoms with Gasteiger partial charge in [-0.25, -0.2) is 0 Å². The largest absolute Gasteiger partial charge is 0.343 e. The lowest BCUT2D eigenvalue weighted by Crippen LogP contribution is -2.14. The molecule has 0 atom stereocenters. The lowest BCUT2D eigenvalue weighted by molar-refractivity contribution is 0.261. The van der Waals surface area contributed by atoms with Crippen molar-refractivity contribution in [3.05, 3.63) is 35.4 Å². The molecule has 3 heteroatoms. The fourth-order valence-electron chi connectivity index (χ4n) is 1.19. The third kappa shape index (κ3) is 3.50. The first-order valence-corrected chi connectivity index (χ1v) is 5.41. The van der Waals surface area contributed by atoms with Crippen LogP contribution in [-0.4, -0.2) is 4.82 Å². The highest BCUT2D eigenvalue weighted by Crippen LogP contribution is 2.14. The maximum atomic E-state index is 10.6. The number of hydrogen-bond acceptors (Lipinski definition) is 1. The number of carbonyl (C=O) groups is 1. The van der Waals surface area contributed by atoms with Gasteiger partial charge in [0.05, 0.1) is 0 Å². The van der Waals surface area contributed by atoms with E-state index in [1.807, 2.05) is 12.1 Å². The second kappa shape index (κ2) is 5.15. The molecule has 0 radical (unpaired) electrons. The van der Waals surface area contributed by atoms with Gasteiger partial charge >= 0.3 is 0 Å². The first-order chi connectivity index (χ1) is 6.59. The van der Waals surface area contributed by atoms with Crippen LogP contribution in [0.25, 0.3) is 0 Å². The van der Waals surface area contributed by atoms with E-state index in [1.54, 1.807) is 0 Å². The highest BCUT2D eigenvalue weighted by Gasteiger charge is 1.99. The molecule has 0 saturated carbocycles. The molecule has 2 nitrogen and oxygen atoms in total. The van der Waals surface area contributed by atoms with Crippen LogP contribution in [0.3, 0.4) is 0 Å². The van der Waals surface area contributed by atoms with E-state index in [4.69, 9.17) is 0 Å². The van der Waals surface area contributed by atoms with Crippen LogP contribution in [0.2, 0.25) is 0 Å². The molecule has 0 unspecified atom stereocenters. The minimum atomic E-state index is -0.176. The third-order valence-electron chi connectivity index (χ3n) is 2.08. The summed E-state index contributed by atoms with van der Waals surface area (Å²) < 4.78 is 0. The Morgan fingerprint density at radius 1 is 1.36 bits per heavy atom. The summed E-state index contributed by atoms with van der Waals surface area (Å²) in [6, 6.07) is 8.28. The van der Waals surface area contributed by atoms with Crippen molar-refractivity contribution < 1.29 is 4.79 Å². The fraction of sp³-hybridized carbons (Fsp3) is 0.364. The molecule has 0 aromatic heterocycles. The van der Waals surface area contributed by atoms with Crippen molar-refractivity contribution in [3.63, 3.8) is 0 Å². The summed E-state index contributed by atoms with van der Waals surface area (Å²) in [7, 11) is 0. The molecule has 76 valence electrons. The van der Waals surface area contributed by atoms with Crippen LogP contribution >= 0.6 is 15.9 Å². The molecule has 0 aliphatic rings. The smallest absolute Gasteiger partial charge is 0.287 e. The summed E-state index contributed by atoms with van der Waals surface area (Å²) in [6.07, 6.45) is 0. The van der Waals surface area contributed by atoms with Crippen molar-refractivity contribution in [3.8, 4) is 0 Å². The van der Waals surface area contributed by atoms with Crippen LogP contribution in [-0.2, 0) is 6.54 Å². The van der Waals surface area contributed by atoms with Crippen molar-refractivity contribution in [2.45, 2.75) is 26.3 Å². The van der Waals surface area contributed by atoms with Crippen molar-refractivity contribution in [1.82, 2.24) is 5.32 Å².